The van der Waals surface area contributed by atoms with Gasteiger partial charge in [0.2, 0.25) is 5.89 Å². The molecule has 0 unspecified atom stereocenters. The van der Waals surface area contributed by atoms with Crippen LogP contribution in [0.1, 0.15) is 29.6 Å². The van der Waals surface area contributed by atoms with E-state index < -0.39 is 0 Å². The highest BCUT2D eigenvalue weighted by Gasteiger charge is 2.17. The summed E-state index contributed by atoms with van der Waals surface area (Å²) in [7, 11) is 1.60. The summed E-state index contributed by atoms with van der Waals surface area (Å²) in [4.78, 5) is 16.2. The third-order valence-corrected chi connectivity index (χ3v) is 2.86. The topological polar surface area (TPSA) is 64.4 Å². The van der Waals surface area contributed by atoms with Crippen LogP contribution in [0.3, 0.4) is 0 Å². The molecule has 0 aliphatic rings. The maximum atomic E-state index is 11.9. The van der Waals surface area contributed by atoms with E-state index in [0.29, 0.717) is 23.9 Å². The molecule has 1 N–H and O–H groups in total. The largest absolute Gasteiger partial charge is 0.497 e. The summed E-state index contributed by atoms with van der Waals surface area (Å²) in [5.41, 5.74) is 1.11. The number of carbonyl (C=O) groups is 1. The first-order valence-corrected chi connectivity index (χ1v) is 6.55. The Hall–Kier alpha value is -2.30. The SMILES string of the molecule is CCCNC(=O)c1nc(-c2cccc(OC)c2)oc1C. The summed E-state index contributed by atoms with van der Waals surface area (Å²) in [6.07, 6.45) is 0.880. The molecular weight excluding hydrogens is 256 g/mol. The van der Waals surface area contributed by atoms with Crippen molar-refractivity contribution < 1.29 is 13.9 Å². The van der Waals surface area contributed by atoms with E-state index >= 15 is 0 Å². The maximum absolute atomic E-state index is 11.9. The first-order valence-electron chi connectivity index (χ1n) is 6.55. The Kier molecular flexibility index (Phi) is 4.40. The van der Waals surface area contributed by atoms with E-state index in [1.165, 1.54) is 0 Å². The van der Waals surface area contributed by atoms with Crippen molar-refractivity contribution in [3.63, 3.8) is 0 Å². The van der Waals surface area contributed by atoms with Crippen LogP contribution < -0.4 is 10.1 Å². The van der Waals surface area contributed by atoms with E-state index in [4.69, 9.17) is 9.15 Å². The lowest BCUT2D eigenvalue weighted by molar-refractivity contribution is 0.0948. The smallest absolute Gasteiger partial charge is 0.273 e. The number of amides is 1. The van der Waals surface area contributed by atoms with Gasteiger partial charge in [0.25, 0.3) is 5.91 Å². The second kappa shape index (κ2) is 6.23. The van der Waals surface area contributed by atoms with Crippen LogP contribution in [0.4, 0.5) is 0 Å². The third kappa shape index (κ3) is 2.99. The summed E-state index contributed by atoms with van der Waals surface area (Å²) >= 11 is 0. The van der Waals surface area contributed by atoms with Gasteiger partial charge in [0.1, 0.15) is 11.5 Å². The van der Waals surface area contributed by atoms with Crippen molar-refractivity contribution in [1.29, 1.82) is 0 Å². The lowest BCUT2D eigenvalue weighted by atomic mass is 10.2. The Morgan fingerprint density at radius 1 is 1.45 bits per heavy atom. The van der Waals surface area contributed by atoms with Crippen molar-refractivity contribution in [2.45, 2.75) is 20.3 Å². The predicted molar refractivity (Wildman–Crippen MR) is 75.9 cm³/mol. The van der Waals surface area contributed by atoms with Gasteiger partial charge in [-0.2, -0.15) is 0 Å². The minimum atomic E-state index is -0.206. The average molecular weight is 274 g/mol. The lowest BCUT2D eigenvalue weighted by Gasteiger charge is -2.00. The van der Waals surface area contributed by atoms with Crippen molar-refractivity contribution in [3.05, 3.63) is 35.7 Å². The van der Waals surface area contributed by atoms with Gasteiger partial charge in [0, 0.05) is 12.1 Å². The number of rotatable bonds is 5. The molecule has 1 aromatic heterocycles. The molecule has 0 bridgehead atoms. The van der Waals surface area contributed by atoms with Gasteiger partial charge >= 0.3 is 0 Å². The van der Waals surface area contributed by atoms with Crippen molar-refractivity contribution in [2.75, 3.05) is 13.7 Å². The van der Waals surface area contributed by atoms with Crippen LogP contribution in [0, 0.1) is 6.92 Å². The van der Waals surface area contributed by atoms with E-state index in [-0.39, 0.29) is 5.91 Å². The van der Waals surface area contributed by atoms with Gasteiger partial charge in [0.05, 0.1) is 7.11 Å². The second-order valence-electron chi connectivity index (χ2n) is 4.41. The van der Waals surface area contributed by atoms with Gasteiger partial charge in [-0.3, -0.25) is 4.79 Å². The van der Waals surface area contributed by atoms with Crippen LogP contribution in [-0.4, -0.2) is 24.5 Å². The van der Waals surface area contributed by atoms with Gasteiger partial charge in [0.15, 0.2) is 5.69 Å². The zero-order valence-corrected chi connectivity index (χ0v) is 11.9. The molecule has 106 valence electrons. The summed E-state index contributed by atoms with van der Waals surface area (Å²) in [6.45, 7) is 4.36. The van der Waals surface area contributed by atoms with E-state index in [0.717, 1.165) is 17.7 Å². The molecule has 5 heteroatoms. The van der Waals surface area contributed by atoms with E-state index in [9.17, 15) is 4.79 Å². The minimum absolute atomic E-state index is 0.206. The number of hydrogen-bond donors (Lipinski definition) is 1. The summed E-state index contributed by atoms with van der Waals surface area (Å²) in [5.74, 6) is 1.44. The van der Waals surface area contributed by atoms with Crippen molar-refractivity contribution in [3.8, 4) is 17.2 Å². The molecule has 1 aromatic carbocycles. The molecule has 0 aliphatic heterocycles. The maximum Gasteiger partial charge on any atom is 0.273 e. The monoisotopic (exact) mass is 274 g/mol. The first kappa shape index (κ1) is 14.1. The number of ether oxygens (including phenoxy) is 1. The molecular formula is C15H18N2O3. The zero-order valence-electron chi connectivity index (χ0n) is 11.9. The molecule has 20 heavy (non-hydrogen) atoms. The molecule has 0 atom stereocenters. The highest BCUT2D eigenvalue weighted by Crippen LogP contribution is 2.25. The standard InChI is InChI=1S/C15H18N2O3/c1-4-8-16-14(18)13-10(2)20-15(17-13)11-6-5-7-12(9-11)19-3/h5-7,9H,4,8H2,1-3H3,(H,16,18). The zero-order chi connectivity index (χ0) is 14.5. The molecule has 0 aliphatic carbocycles. The highest BCUT2D eigenvalue weighted by molar-refractivity contribution is 5.93. The Labute approximate surface area is 118 Å². The van der Waals surface area contributed by atoms with Crippen molar-refractivity contribution in [2.24, 2.45) is 0 Å². The first-order chi connectivity index (χ1) is 9.65. The highest BCUT2D eigenvalue weighted by atomic mass is 16.5. The molecule has 5 nitrogen and oxygen atoms in total. The second-order valence-corrected chi connectivity index (χ2v) is 4.41. The van der Waals surface area contributed by atoms with Crippen LogP contribution in [0.15, 0.2) is 28.7 Å². The molecule has 0 saturated heterocycles. The van der Waals surface area contributed by atoms with Gasteiger partial charge in [-0.25, -0.2) is 4.98 Å². The molecule has 0 fully saturated rings. The molecule has 1 heterocycles. The number of oxazole rings is 1. The number of nitrogens with zero attached hydrogens (tertiary/aromatic N) is 1. The fourth-order valence-corrected chi connectivity index (χ4v) is 1.81. The molecule has 0 saturated carbocycles. The minimum Gasteiger partial charge on any atom is -0.497 e. The Morgan fingerprint density at radius 3 is 2.95 bits per heavy atom. The number of methoxy groups -OCH3 is 1. The normalized spacial score (nSPS) is 10.3. The molecule has 1 amide bonds. The van der Waals surface area contributed by atoms with Crippen molar-refractivity contribution in [1.82, 2.24) is 10.3 Å². The number of benzene rings is 1. The van der Waals surface area contributed by atoms with Gasteiger partial charge in [-0.1, -0.05) is 13.0 Å². The summed E-state index contributed by atoms with van der Waals surface area (Å²) in [5, 5.41) is 2.79. The van der Waals surface area contributed by atoms with Crippen LogP contribution in [-0.2, 0) is 0 Å². The molecule has 0 spiro atoms. The lowest BCUT2D eigenvalue weighted by Crippen LogP contribution is -2.24. The number of aryl methyl sites for hydroxylation is 1. The molecule has 0 radical (unpaired) electrons. The van der Waals surface area contributed by atoms with Crippen LogP contribution in [0.5, 0.6) is 5.75 Å². The van der Waals surface area contributed by atoms with Crippen LogP contribution in [0.2, 0.25) is 0 Å². The van der Waals surface area contributed by atoms with Crippen molar-refractivity contribution >= 4 is 5.91 Å². The Morgan fingerprint density at radius 2 is 2.25 bits per heavy atom. The molecule has 2 rings (SSSR count). The van der Waals surface area contributed by atoms with Gasteiger partial charge in [-0.05, 0) is 31.5 Å². The van der Waals surface area contributed by atoms with Gasteiger partial charge < -0.3 is 14.5 Å². The van der Waals surface area contributed by atoms with Crippen LogP contribution in [0.25, 0.3) is 11.5 Å². The van der Waals surface area contributed by atoms with E-state index in [1.807, 2.05) is 31.2 Å². The number of aromatic nitrogens is 1. The average Bonchev–Trinajstić information content (AvgIpc) is 2.87. The van der Waals surface area contributed by atoms with E-state index in [1.54, 1.807) is 14.0 Å². The summed E-state index contributed by atoms with van der Waals surface area (Å²) < 4.78 is 10.7. The number of nitrogens with one attached hydrogen (secondary N) is 1. The fraction of sp³-hybridized carbons (Fsp3) is 0.333. The van der Waals surface area contributed by atoms with Gasteiger partial charge in [-0.15, -0.1) is 0 Å². The number of carbonyl (C=O) groups excluding carboxylic acids is 1. The predicted octanol–water partition coefficient (Wildman–Crippen LogP) is 2.80. The van der Waals surface area contributed by atoms with E-state index in [2.05, 4.69) is 10.3 Å². The quantitative estimate of drug-likeness (QED) is 0.910. The fourth-order valence-electron chi connectivity index (χ4n) is 1.81. The van der Waals surface area contributed by atoms with Crippen LogP contribution >= 0.6 is 0 Å². The molecule has 2 aromatic rings. The Balaban J connectivity index is 2.28. The number of hydrogen-bond acceptors (Lipinski definition) is 4. The Bertz CT molecular complexity index is 605. The summed E-state index contributed by atoms with van der Waals surface area (Å²) in [6, 6.07) is 7.37. The third-order valence-electron chi connectivity index (χ3n) is 2.86.